The van der Waals surface area contributed by atoms with Crippen molar-refractivity contribution in [3.63, 3.8) is 0 Å². The molecular weight excluding hydrogens is 612 g/mol. The number of aromatic nitrogens is 2. The molecule has 4 heterocycles. The van der Waals surface area contributed by atoms with Crippen molar-refractivity contribution in [3.05, 3.63) is 81.8 Å². The Morgan fingerprint density at radius 1 is 0.688 bits per heavy atom. The molecule has 32 heavy (non-hydrogen) atoms. The van der Waals surface area contributed by atoms with Crippen LogP contribution in [-0.4, -0.2) is 9.97 Å². The fourth-order valence-corrected chi connectivity index (χ4v) is 5.15. The molecule has 4 rings (SSSR count). The molecule has 0 N–H and O–H groups in total. The number of rotatable bonds is 4. The van der Waals surface area contributed by atoms with Gasteiger partial charge in [-0.2, -0.15) is 24.3 Å². The van der Waals surface area contributed by atoms with E-state index in [1.807, 2.05) is 0 Å². The molecular formula is C27H28N2PtS2. The summed E-state index contributed by atoms with van der Waals surface area (Å²) >= 11 is 3.55. The van der Waals surface area contributed by atoms with E-state index in [9.17, 15) is 0 Å². The van der Waals surface area contributed by atoms with Crippen LogP contribution in [0.1, 0.15) is 62.7 Å². The van der Waals surface area contributed by atoms with E-state index in [1.54, 1.807) is 22.7 Å². The standard InChI is InChI=1S/C27H28N2S2.Pt/c1-26(2,3)24-15-13-22(30-24)20-11-7-9-18(28-20)17-19-10-8-12-21(29-19)23-14-16-25(31-23)27(4,5)6;/h7-12,15-16H,17H2,1-6H3;/q-2;+2. The predicted molar refractivity (Wildman–Crippen MR) is 133 cm³/mol. The Balaban J connectivity index is 0.00000289. The first-order valence-electron chi connectivity index (χ1n) is 10.6. The molecule has 0 saturated carbocycles. The van der Waals surface area contributed by atoms with Gasteiger partial charge in [0.05, 0.1) is 0 Å². The number of pyridine rings is 2. The summed E-state index contributed by atoms with van der Waals surface area (Å²) in [6.07, 6.45) is 0.705. The maximum atomic E-state index is 4.91. The summed E-state index contributed by atoms with van der Waals surface area (Å²) < 4.78 is 0. The minimum Gasteiger partial charge on any atom is -0.315 e. The van der Waals surface area contributed by atoms with Crippen LogP contribution in [0.2, 0.25) is 0 Å². The van der Waals surface area contributed by atoms with Gasteiger partial charge in [0.2, 0.25) is 0 Å². The van der Waals surface area contributed by atoms with Gasteiger partial charge in [-0.05, 0) is 34.4 Å². The van der Waals surface area contributed by atoms with E-state index in [4.69, 9.17) is 9.97 Å². The quantitative estimate of drug-likeness (QED) is 0.214. The molecule has 0 amide bonds. The van der Waals surface area contributed by atoms with Crippen LogP contribution in [0.15, 0.2) is 48.5 Å². The molecule has 4 aromatic rings. The third-order valence-electron chi connectivity index (χ3n) is 5.01. The molecule has 0 spiro atoms. The second-order valence-electron chi connectivity index (χ2n) is 9.87. The molecule has 0 bridgehead atoms. The predicted octanol–water partition coefficient (Wildman–Crippen LogP) is 7.72. The van der Waals surface area contributed by atoms with Crippen molar-refractivity contribution in [1.82, 2.24) is 9.97 Å². The van der Waals surface area contributed by atoms with E-state index >= 15 is 0 Å². The SMILES string of the molecule is CC(C)(C)c1c[c-]c(-c2cccc(Cc3cccc(-c4[c-]cc(C(C)(C)C)s4)n3)n2)s1.[Pt+2]. The van der Waals surface area contributed by atoms with Crippen LogP contribution in [-0.2, 0) is 38.3 Å². The average Bonchev–Trinajstić information content (AvgIpc) is 3.38. The number of nitrogens with zero attached hydrogens (tertiary/aromatic N) is 2. The van der Waals surface area contributed by atoms with E-state index in [-0.39, 0.29) is 31.9 Å². The van der Waals surface area contributed by atoms with Crippen LogP contribution < -0.4 is 0 Å². The molecule has 5 heteroatoms. The molecule has 0 fully saturated rings. The minimum atomic E-state index is 0. The summed E-state index contributed by atoms with van der Waals surface area (Å²) in [5.41, 5.74) is 4.27. The van der Waals surface area contributed by atoms with Crippen molar-refractivity contribution < 1.29 is 21.1 Å². The largest absolute Gasteiger partial charge is 2.00 e. The normalized spacial score (nSPS) is 11.9. The summed E-state index contributed by atoms with van der Waals surface area (Å²) in [6.45, 7) is 13.4. The Morgan fingerprint density at radius 2 is 1.09 bits per heavy atom. The van der Waals surface area contributed by atoms with E-state index in [0.29, 0.717) is 6.42 Å². The summed E-state index contributed by atoms with van der Waals surface area (Å²) in [4.78, 5) is 14.7. The first-order chi connectivity index (χ1) is 14.6. The Morgan fingerprint density at radius 3 is 1.44 bits per heavy atom. The van der Waals surface area contributed by atoms with E-state index in [0.717, 1.165) is 32.5 Å². The Hall–Kier alpha value is -1.61. The first kappa shape index (κ1) is 25.0. The second-order valence-corrected chi connectivity index (χ2v) is 12.0. The molecule has 0 radical (unpaired) electrons. The van der Waals surface area contributed by atoms with Gasteiger partial charge in [-0.15, -0.1) is 0 Å². The van der Waals surface area contributed by atoms with Crippen molar-refractivity contribution in [3.8, 4) is 21.1 Å². The van der Waals surface area contributed by atoms with Gasteiger partial charge in [-0.25, -0.2) is 22.7 Å². The maximum Gasteiger partial charge on any atom is 2.00 e. The summed E-state index contributed by atoms with van der Waals surface area (Å²) in [5.74, 6) is 0. The summed E-state index contributed by atoms with van der Waals surface area (Å²) in [7, 11) is 0. The van der Waals surface area contributed by atoms with Gasteiger partial charge in [-0.3, -0.25) is 0 Å². The molecule has 0 aromatic carbocycles. The van der Waals surface area contributed by atoms with Crippen LogP contribution in [0.5, 0.6) is 0 Å². The number of thiophene rings is 2. The van der Waals surface area contributed by atoms with Gasteiger partial charge < -0.3 is 9.97 Å². The topological polar surface area (TPSA) is 25.8 Å². The smallest absolute Gasteiger partial charge is 0.315 e. The third kappa shape index (κ3) is 5.84. The van der Waals surface area contributed by atoms with Crippen LogP contribution in [0.25, 0.3) is 21.1 Å². The van der Waals surface area contributed by atoms with Crippen molar-refractivity contribution in [2.45, 2.75) is 58.8 Å². The Labute approximate surface area is 214 Å². The fourth-order valence-electron chi connectivity index (χ4n) is 3.19. The van der Waals surface area contributed by atoms with Gasteiger partial charge in [0, 0.05) is 17.8 Å². The van der Waals surface area contributed by atoms with Gasteiger partial charge in [0.25, 0.3) is 0 Å². The molecule has 0 atom stereocenters. The van der Waals surface area contributed by atoms with E-state index in [2.05, 4.69) is 102 Å². The molecule has 168 valence electrons. The summed E-state index contributed by atoms with van der Waals surface area (Å²) in [5, 5.41) is 0. The van der Waals surface area contributed by atoms with Gasteiger partial charge >= 0.3 is 21.1 Å². The molecule has 2 nitrogen and oxygen atoms in total. The van der Waals surface area contributed by atoms with E-state index in [1.165, 1.54) is 9.75 Å². The molecule has 0 unspecified atom stereocenters. The summed E-state index contributed by atoms with van der Waals surface area (Å²) in [6, 6.07) is 23.4. The fraction of sp³-hybridized carbons (Fsp3) is 0.333. The molecule has 0 aliphatic heterocycles. The number of hydrogen-bond acceptors (Lipinski definition) is 4. The second kappa shape index (κ2) is 9.71. The Bertz CT molecular complexity index is 1100. The van der Waals surface area contributed by atoms with Crippen LogP contribution >= 0.6 is 22.7 Å². The van der Waals surface area contributed by atoms with Crippen molar-refractivity contribution in [1.29, 1.82) is 0 Å². The van der Waals surface area contributed by atoms with Crippen molar-refractivity contribution in [2.75, 3.05) is 0 Å². The number of hydrogen-bond donors (Lipinski definition) is 0. The molecule has 0 saturated heterocycles. The van der Waals surface area contributed by atoms with Gasteiger partial charge in [-0.1, -0.05) is 85.3 Å². The van der Waals surface area contributed by atoms with Crippen molar-refractivity contribution in [2.24, 2.45) is 0 Å². The van der Waals surface area contributed by atoms with Gasteiger partial charge in [0.1, 0.15) is 0 Å². The average molecular weight is 640 g/mol. The monoisotopic (exact) mass is 639 g/mol. The van der Waals surface area contributed by atoms with Crippen LogP contribution in [0.3, 0.4) is 0 Å². The zero-order chi connectivity index (χ0) is 22.2. The van der Waals surface area contributed by atoms with Crippen LogP contribution in [0.4, 0.5) is 0 Å². The van der Waals surface area contributed by atoms with E-state index < -0.39 is 0 Å². The Kier molecular flexibility index (Phi) is 7.59. The third-order valence-corrected chi connectivity index (χ3v) is 7.97. The zero-order valence-electron chi connectivity index (χ0n) is 19.4. The maximum absolute atomic E-state index is 4.91. The van der Waals surface area contributed by atoms with Crippen LogP contribution in [0, 0.1) is 12.1 Å². The molecule has 4 aromatic heterocycles. The zero-order valence-corrected chi connectivity index (χ0v) is 23.3. The molecule has 0 aliphatic rings. The van der Waals surface area contributed by atoms with Crippen molar-refractivity contribution >= 4 is 22.7 Å². The minimum absolute atomic E-state index is 0. The first-order valence-corrected chi connectivity index (χ1v) is 12.2. The molecule has 0 aliphatic carbocycles. The van der Waals surface area contributed by atoms with Gasteiger partial charge in [0.15, 0.2) is 0 Å².